The van der Waals surface area contributed by atoms with Crippen molar-refractivity contribution in [3.05, 3.63) is 6.92 Å². The Kier molecular flexibility index (Phi) is 1.63. The minimum atomic E-state index is -4.56. The third-order valence-corrected chi connectivity index (χ3v) is 0.378. The van der Waals surface area contributed by atoms with E-state index in [1.54, 1.807) is 0 Å². The van der Waals surface area contributed by atoms with Crippen molar-refractivity contribution in [1.82, 2.24) is 0 Å². The molecule has 0 aliphatic heterocycles. The molecule has 0 aromatic heterocycles. The standard InChI is InChI=1S/C3H4F3O/c1-2(7)3(4,5)6/h2,7H,1H2. The molecule has 0 amide bonds. The normalized spacial score (nSPS) is 16.7. The van der Waals surface area contributed by atoms with Crippen molar-refractivity contribution >= 4 is 0 Å². The predicted molar refractivity (Wildman–Crippen MR) is 17.4 cm³/mol. The maximum Gasteiger partial charge on any atom is 0.414 e. The highest BCUT2D eigenvalue weighted by molar-refractivity contribution is 4.65. The topological polar surface area (TPSA) is 20.2 Å². The molecule has 0 aromatic rings. The second-order valence-electron chi connectivity index (χ2n) is 1.06. The van der Waals surface area contributed by atoms with Crippen molar-refractivity contribution < 1.29 is 18.3 Å². The Bertz CT molecular complexity index is 55.7. The van der Waals surface area contributed by atoms with Gasteiger partial charge in [-0.25, -0.2) is 0 Å². The maximum atomic E-state index is 10.9. The average molecular weight is 113 g/mol. The van der Waals surface area contributed by atoms with Gasteiger partial charge in [-0.1, -0.05) is 0 Å². The van der Waals surface area contributed by atoms with Gasteiger partial charge in [-0.2, -0.15) is 13.2 Å². The van der Waals surface area contributed by atoms with Crippen LogP contribution < -0.4 is 0 Å². The SMILES string of the molecule is [CH2]C(O)C(F)(F)F. The van der Waals surface area contributed by atoms with Gasteiger partial charge in [0.25, 0.3) is 0 Å². The van der Waals surface area contributed by atoms with Crippen LogP contribution in [0.4, 0.5) is 13.2 Å². The van der Waals surface area contributed by atoms with E-state index in [4.69, 9.17) is 5.11 Å². The van der Waals surface area contributed by atoms with E-state index in [2.05, 4.69) is 6.92 Å². The Morgan fingerprint density at radius 3 is 1.57 bits per heavy atom. The summed E-state index contributed by atoms with van der Waals surface area (Å²) in [6.45, 7) is 2.34. The zero-order chi connectivity index (χ0) is 6.08. The summed E-state index contributed by atoms with van der Waals surface area (Å²) in [5.41, 5.74) is 0. The number of rotatable bonds is 0. The van der Waals surface area contributed by atoms with Crippen LogP contribution >= 0.6 is 0 Å². The monoisotopic (exact) mass is 113 g/mol. The molecule has 0 bridgehead atoms. The van der Waals surface area contributed by atoms with Crippen LogP contribution in [-0.2, 0) is 0 Å². The molecule has 1 unspecified atom stereocenters. The zero-order valence-electron chi connectivity index (χ0n) is 3.37. The molecular formula is C3H4F3O. The minimum absolute atomic E-state index is 2.34. The number of hydrogen-bond donors (Lipinski definition) is 1. The van der Waals surface area contributed by atoms with E-state index >= 15 is 0 Å². The molecular weight excluding hydrogens is 109 g/mol. The lowest BCUT2D eigenvalue weighted by Gasteiger charge is -2.06. The van der Waals surface area contributed by atoms with Crippen LogP contribution in [-0.4, -0.2) is 17.4 Å². The maximum absolute atomic E-state index is 10.9. The van der Waals surface area contributed by atoms with Crippen molar-refractivity contribution in [1.29, 1.82) is 0 Å². The molecule has 1 radical (unpaired) electrons. The largest absolute Gasteiger partial charge is 0.414 e. The fraction of sp³-hybridized carbons (Fsp3) is 0.667. The van der Waals surface area contributed by atoms with Gasteiger partial charge in [0, 0.05) is 0 Å². The van der Waals surface area contributed by atoms with Gasteiger partial charge in [0.2, 0.25) is 0 Å². The molecule has 0 rings (SSSR count). The summed E-state index contributed by atoms with van der Waals surface area (Å²) >= 11 is 0. The van der Waals surface area contributed by atoms with Crippen molar-refractivity contribution in [3.8, 4) is 0 Å². The van der Waals surface area contributed by atoms with Gasteiger partial charge < -0.3 is 5.11 Å². The quantitative estimate of drug-likeness (QED) is 0.491. The van der Waals surface area contributed by atoms with Gasteiger partial charge in [0.15, 0.2) is 0 Å². The van der Waals surface area contributed by atoms with Crippen LogP contribution in [0.15, 0.2) is 0 Å². The molecule has 7 heavy (non-hydrogen) atoms. The summed E-state index contributed by atoms with van der Waals surface area (Å²) in [6.07, 6.45) is -7.01. The van der Waals surface area contributed by atoms with E-state index < -0.39 is 12.3 Å². The Morgan fingerprint density at radius 2 is 1.57 bits per heavy atom. The van der Waals surface area contributed by atoms with Crippen molar-refractivity contribution in [2.24, 2.45) is 0 Å². The van der Waals surface area contributed by atoms with E-state index in [9.17, 15) is 13.2 Å². The molecule has 4 heteroatoms. The second kappa shape index (κ2) is 1.69. The first kappa shape index (κ1) is 6.75. The summed E-state index contributed by atoms with van der Waals surface area (Å²) in [4.78, 5) is 0. The van der Waals surface area contributed by atoms with Gasteiger partial charge in [-0.05, 0) is 6.92 Å². The van der Waals surface area contributed by atoms with Crippen molar-refractivity contribution in [2.45, 2.75) is 12.3 Å². The van der Waals surface area contributed by atoms with Crippen LogP contribution in [0.2, 0.25) is 0 Å². The van der Waals surface area contributed by atoms with E-state index in [0.29, 0.717) is 0 Å². The second-order valence-corrected chi connectivity index (χ2v) is 1.06. The molecule has 0 aliphatic carbocycles. The summed E-state index contributed by atoms with van der Waals surface area (Å²) in [6, 6.07) is 0. The molecule has 1 N–H and O–H groups in total. The number of aliphatic hydroxyl groups excluding tert-OH is 1. The molecule has 1 nitrogen and oxygen atoms in total. The summed E-state index contributed by atoms with van der Waals surface area (Å²) < 4.78 is 32.6. The Balaban J connectivity index is 3.54. The van der Waals surface area contributed by atoms with Gasteiger partial charge >= 0.3 is 6.18 Å². The number of aliphatic hydroxyl groups is 1. The number of hydrogen-bond acceptors (Lipinski definition) is 1. The average Bonchev–Trinajstić information content (AvgIpc) is 1.31. The van der Waals surface area contributed by atoms with Gasteiger partial charge in [-0.3, -0.25) is 0 Å². The van der Waals surface area contributed by atoms with Gasteiger partial charge in [-0.15, -0.1) is 0 Å². The van der Waals surface area contributed by atoms with E-state index in [1.807, 2.05) is 0 Å². The van der Waals surface area contributed by atoms with Gasteiger partial charge in [0.05, 0.1) is 0 Å². The van der Waals surface area contributed by atoms with E-state index in [-0.39, 0.29) is 0 Å². The lowest BCUT2D eigenvalue weighted by molar-refractivity contribution is -0.188. The Hall–Kier alpha value is -0.250. The highest BCUT2D eigenvalue weighted by Gasteiger charge is 2.34. The van der Waals surface area contributed by atoms with Crippen LogP contribution in [0.3, 0.4) is 0 Å². The lowest BCUT2D eigenvalue weighted by Crippen LogP contribution is -2.24. The number of alkyl halides is 3. The molecule has 0 heterocycles. The van der Waals surface area contributed by atoms with E-state index in [0.717, 1.165) is 0 Å². The molecule has 0 spiro atoms. The third-order valence-electron chi connectivity index (χ3n) is 0.378. The summed E-state index contributed by atoms with van der Waals surface area (Å²) in [5.74, 6) is 0. The molecule has 0 fully saturated rings. The summed E-state index contributed by atoms with van der Waals surface area (Å²) in [5, 5.41) is 7.65. The lowest BCUT2D eigenvalue weighted by atomic mass is 10.4. The number of halogens is 3. The Labute approximate surface area is 38.8 Å². The third kappa shape index (κ3) is 2.45. The first-order valence-electron chi connectivity index (χ1n) is 1.52. The first-order valence-corrected chi connectivity index (χ1v) is 1.52. The molecule has 43 valence electrons. The van der Waals surface area contributed by atoms with E-state index in [1.165, 1.54) is 0 Å². The van der Waals surface area contributed by atoms with Crippen LogP contribution in [0, 0.1) is 6.92 Å². The highest BCUT2D eigenvalue weighted by Crippen LogP contribution is 2.18. The van der Waals surface area contributed by atoms with Crippen LogP contribution in [0.5, 0.6) is 0 Å². The molecule has 0 saturated carbocycles. The smallest absolute Gasteiger partial charge is 0.384 e. The molecule has 0 aromatic carbocycles. The minimum Gasteiger partial charge on any atom is -0.384 e. The van der Waals surface area contributed by atoms with Crippen LogP contribution in [0.25, 0.3) is 0 Å². The molecule has 1 atom stereocenters. The fourth-order valence-corrected chi connectivity index (χ4v) is 0. The summed E-state index contributed by atoms with van der Waals surface area (Å²) in [7, 11) is 0. The zero-order valence-corrected chi connectivity index (χ0v) is 3.37. The van der Waals surface area contributed by atoms with Crippen LogP contribution in [0.1, 0.15) is 0 Å². The molecule has 0 saturated heterocycles. The fourth-order valence-electron chi connectivity index (χ4n) is 0. The van der Waals surface area contributed by atoms with Crippen molar-refractivity contribution in [3.63, 3.8) is 0 Å². The highest BCUT2D eigenvalue weighted by atomic mass is 19.4. The predicted octanol–water partition coefficient (Wildman–Crippen LogP) is 0.744. The van der Waals surface area contributed by atoms with Crippen molar-refractivity contribution in [2.75, 3.05) is 0 Å². The Morgan fingerprint density at radius 1 is 1.43 bits per heavy atom. The molecule has 0 aliphatic rings. The first-order chi connectivity index (χ1) is 2.94. The van der Waals surface area contributed by atoms with Gasteiger partial charge in [0.1, 0.15) is 6.10 Å².